The summed E-state index contributed by atoms with van der Waals surface area (Å²) in [5.41, 5.74) is 1.72. The molecule has 16 heteroatoms. The van der Waals surface area contributed by atoms with Gasteiger partial charge in [-0.2, -0.15) is 18.3 Å². The predicted octanol–water partition coefficient (Wildman–Crippen LogP) is 5.11. The number of halogens is 3. The minimum atomic E-state index is -4.65. The van der Waals surface area contributed by atoms with Gasteiger partial charge in [-0.25, -0.2) is 9.78 Å². The maximum Gasteiger partial charge on any atom is 0.433 e. The lowest BCUT2D eigenvalue weighted by Crippen LogP contribution is -2.44. The lowest BCUT2D eigenvalue weighted by molar-refractivity contribution is -0.141. The van der Waals surface area contributed by atoms with Crippen LogP contribution in [0.2, 0.25) is 0 Å². The van der Waals surface area contributed by atoms with E-state index < -0.39 is 29.7 Å². The van der Waals surface area contributed by atoms with Crippen molar-refractivity contribution >= 4 is 51.0 Å². The second kappa shape index (κ2) is 13.5. The van der Waals surface area contributed by atoms with Gasteiger partial charge in [-0.05, 0) is 81.0 Å². The second-order valence-electron chi connectivity index (χ2n) is 14.0. The molecule has 53 heavy (non-hydrogen) atoms. The van der Waals surface area contributed by atoms with Gasteiger partial charge >= 0.3 is 11.9 Å². The summed E-state index contributed by atoms with van der Waals surface area (Å²) >= 11 is 0. The van der Waals surface area contributed by atoms with E-state index in [0.29, 0.717) is 17.7 Å². The van der Waals surface area contributed by atoms with Crippen LogP contribution in [-0.2, 0) is 27.5 Å². The van der Waals surface area contributed by atoms with Crippen molar-refractivity contribution < 1.29 is 32.3 Å². The molecular weight excluding hydrogens is 693 g/mol. The van der Waals surface area contributed by atoms with Crippen molar-refractivity contribution in [1.29, 1.82) is 0 Å². The number of imidazole rings is 1. The Labute approximate surface area is 300 Å². The number of carbonyl (C=O) groups is 3. The molecule has 276 valence electrons. The first kappa shape index (κ1) is 34.6. The highest BCUT2D eigenvalue weighted by Crippen LogP contribution is 2.35. The zero-order chi connectivity index (χ0) is 37.0. The highest BCUT2D eigenvalue weighted by molar-refractivity contribution is 6.04. The summed E-state index contributed by atoms with van der Waals surface area (Å²) < 4.78 is 50.8. The van der Waals surface area contributed by atoms with Crippen LogP contribution >= 0.6 is 0 Å². The number of benzene rings is 2. The molecule has 2 atom stereocenters. The summed E-state index contributed by atoms with van der Waals surface area (Å²) in [5.74, 6) is -1.52. The number of hydrogen-bond acceptors (Lipinski definition) is 8. The van der Waals surface area contributed by atoms with E-state index in [1.807, 2.05) is 29.1 Å². The first-order valence-electron chi connectivity index (χ1n) is 17.7. The quantitative estimate of drug-likeness (QED) is 0.220. The van der Waals surface area contributed by atoms with Crippen molar-refractivity contribution in [1.82, 2.24) is 29.2 Å². The van der Waals surface area contributed by atoms with Gasteiger partial charge in [0.05, 0.1) is 40.5 Å². The Morgan fingerprint density at radius 3 is 2.53 bits per heavy atom. The Hall–Kier alpha value is -5.51. The number of carbonyl (C=O) groups excluding carboxylic acids is 3. The molecule has 0 bridgehead atoms. The summed E-state index contributed by atoms with van der Waals surface area (Å²) in [5, 5.41) is 10.6. The number of rotatable bonds is 7. The van der Waals surface area contributed by atoms with E-state index in [1.165, 1.54) is 10.6 Å². The van der Waals surface area contributed by atoms with Gasteiger partial charge in [0.15, 0.2) is 0 Å². The predicted molar refractivity (Wildman–Crippen MR) is 189 cm³/mol. The van der Waals surface area contributed by atoms with E-state index in [0.717, 1.165) is 72.9 Å². The van der Waals surface area contributed by atoms with Crippen LogP contribution in [0.4, 0.5) is 24.5 Å². The van der Waals surface area contributed by atoms with Crippen LogP contribution in [-0.4, -0.2) is 66.9 Å². The van der Waals surface area contributed by atoms with Gasteiger partial charge in [-0.3, -0.25) is 33.5 Å². The molecule has 2 aliphatic heterocycles. The standard InChI is InChI=1S/C37H37F3N8O5/c1-45-33-28(5-3-6-29(33)48(36(45)52)30-14-15-32(49)43-35(30)51)46-17-16-25(20-46)53-24-11-9-23(10-12-24)47-19-21-18-22(8-13-26(21)44-47)41-34(50)27-4-2-7-31(42-27)37(38,39)40/h2-8,13,18-19,23-25,30H,9-12,14-17,20H2,1H3,(H,41,50)(H,43,49,51). The van der Waals surface area contributed by atoms with E-state index in [1.54, 1.807) is 29.8 Å². The smallest absolute Gasteiger partial charge is 0.373 e. The number of aromatic nitrogens is 5. The Morgan fingerprint density at radius 2 is 1.75 bits per heavy atom. The number of pyridine rings is 1. The van der Waals surface area contributed by atoms with Gasteiger partial charge in [-0.1, -0.05) is 12.1 Å². The van der Waals surface area contributed by atoms with Gasteiger partial charge < -0.3 is 15.0 Å². The number of imide groups is 1. The Bertz CT molecular complexity index is 2300. The number of fused-ring (bicyclic) bond motifs is 2. The lowest BCUT2D eigenvalue weighted by atomic mass is 9.93. The fourth-order valence-corrected chi connectivity index (χ4v) is 7.90. The molecule has 5 aromatic rings. The molecule has 0 spiro atoms. The minimum absolute atomic E-state index is 0.0214. The minimum Gasteiger partial charge on any atom is -0.373 e. The van der Waals surface area contributed by atoms with Gasteiger partial charge in [0.25, 0.3) is 5.91 Å². The van der Waals surface area contributed by atoms with Crippen molar-refractivity contribution in [2.24, 2.45) is 7.05 Å². The Morgan fingerprint density at radius 1 is 0.962 bits per heavy atom. The molecule has 5 heterocycles. The van der Waals surface area contributed by atoms with E-state index in [4.69, 9.17) is 9.84 Å². The third kappa shape index (κ3) is 6.67. The first-order valence-corrected chi connectivity index (χ1v) is 17.7. The van der Waals surface area contributed by atoms with Crippen LogP contribution in [0.1, 0.15) is 73.2 Å². The number of ether oxygens (including phenoxy) is 1. The van der Waals surface area contributed by atoms with Crippen molar-refractivity contribution in [3.05, 3.63) is 82.7 Å². The average Bonchev–Trinajstić information content (AvgIpc) is 3.85. The van der Waals surface area contributed by atoms with Gasteiger partial charge in [0, 0.05) is 43.8 Å². The fourth-order valence-electron chi connectivity index (χ4n) is 7.90. The maximum atomic E-state index is 13.4. The lowest BCUT2D eigenvalue weighted by Gasteiger charge is -2.30. The van der Waals surface area contributed by atoms with Crippen LogP contribution in [0.5, 0.6) is 0 Å². The summed E-state index contributed by atoms with van der Waals surface area (Å²) in [6.45, 7) is 1.43. The molecule has 0 radical (unpaired) electrons. The molecule has 2 saturated heterocycles. The number of nitrogens with one attached hydrogen (secondary N) is 2. The molecule has 2 unspecified atom stereocenters. The van der Waals surface area contributed by atoms with Gasteiger partial charge in [0.2, 0.25) is 11.8 Å². The number of para-hydroxylation sites is 1. The van der Waals surface area contributed by atoms with Gasteiger partial charge in [0.1, 0.15) is 17.4 Å². The molecule has 2 N–H and O–H groups in total. The van der Waals surface area contributed by atoms with E-state index in [2.05, 4.69) is 20.5 Å². The number of piperidine rings is 1. The van der Waals surface area contributed by atoms with Crippen molar-refractivity contribution in [2.45, 2.75) is 75.4 Å². The highest BCUT2D eigenvalue weighted by Gasteiger charge is 2.35. The molecule has 3 fully saturated rings. The number of nitrogens with zero attached hydrogens (tertiary/aromatic N) is 6. The van der Waals surface area contributed by atoms with Crippen LogP contribution in [0.3, 0.4) is 0 Å². The Kier molecular flexibility index (Phi) is 8.79. The number of anilines is 2. The SMILES string of the molecule is Cn1c(=O)n(C2CCC(=O)NC2=O)c2cccc(N3CCC(OC4CCC(n5cc6cc(NC(=O)c7cccc(C(F)(F)F)n7)ccc6n5)CC4)C3)c21. The second-order valence-corrected chi connectivity index (χ2v) is 14.0. The number of alkyl halides is 3. The van der Waals surface area contributed by atoms with E-state index >= 15 is 0 Å². The summed E-state index contributed by atoms with van der Waals surface area (Å²) in [6.07, 6.45) is 2.16. The van der Waals surface area contributed by atoms with Crippen molar-refractivity contribution in [3.8, 4) is 0 Å². The molecule has 1 saturated carbocycles. The molecule has 8 rings (SSSR count). The molecule has 1 aliphatic carbocycles. The van der Waals surface area contributed by atoms with Gasteiger partial charge in [-0.15, -0.1) is 0 Å². The molecule has 13 nitrogen and oxygen atoms in total. The number of aryl methyl sites for hydroxylation is 1. The summed E-state index contributed by atoms with van der Waals surface area (Å²) in [4.78, 5) is 56.2. The zero-order valence-electron chi connectivity index (χ0n) is 28.8. The van der Waals surface area contributed by atoms with E-state index in [9.17, 15) is 32.3 Å². The highest BCUT2D eigenvalue weighted by atomic mass is 19.4. The maximum absolute atomic E-state index is 13.4. The molecule has 3 aliphatic rings. The van der Waals surface area contributed by atoms with E-state index in [-0.39, 0.29) is 48.4 Å². The summed E-state index contributed by atoms with van der Waals surface area (Å²) in [7, 11) is 1.71. The third-order valence-electron chi connectivity index (χ3n) is 10.5. The molecular formula is C37H37F3N8O5. The number of hydrogen-bond donors (Lipinski definition) is 2. The number of amides is 3. The fraction of sp³-hybridized carbons (Fsp3) is 0.405. The Balaban J connectivity index is 0.882. The largest absolute Gasteiger partial charge is 0.433 e. The van der Waals surface area contributed by atoms with Crippen LogP contribution in [0.25, 0.3) is 21.9 Å². The molecule has 3 aromatic heterocycles. The third-order valence-corrected chi connectivity index (χ3v) is 10.5. The van der Waals surface area contributed by atoms with Crippen LogP contribution in [0.15, 0.2) is 65.6 Å². The summed E-state index contributed by atoms with van der Waals surface area (Å²) in [6, 6.07) is 13.5. The molecule has 3 amide bonds. The zero-order valence-corrected chi connectivity index (χ0v) is 28.8. The normalized spacial score (nSPS) is 22.5. The van der Waals surface area contributed by atoms with Crippen LogP contribution < -0.4 is 21.2 Å². The van der Waals surface area contributed by atoms with Crippen LogP contribution in [0, 0.1) is 0 Å². The molecule has 2 aromatic carbocycles. The first-order chi connectivity index (χ1) is 25.4. The monoisotopic (exact) mass is 730 g/mol. The van der Waals surface area contributed by atoms with Crippen molar-refractivity contribution in [2.75, 3.05) is 23.3 Å². The van der Waals surface area contributed by atoms with Crippen molar-refractivity contribution in [3.63, 3.8) is 0 Å². The average molecular weight is 731 g/mol. The topological polar surface area (TPSA) is 145 Å².